The molecule has 0 aliphatic rings. The van der Waals surface area contributed by atoms with Crippen LogP contribution in [0.5, 0.6) is 0 Å². The van der Waals surface area contributed by atoms with Crippen LogP contribution < -0.4 is 0 Å². The molecule has 0 radical (unpaired) electrons. The predicted octanol–water partition coefficient (Wildman–Crippen LogP) is 2.74. The lowest BCUT2D eigenvalue weighted by atomic mass is 10.00. The monoisotopic (exact) mass is 230 g/mol. The Morgan fingerprint density at radius 2 is 1.82 bits per heavy atom. The van der Waals surface area contributed by atoms with Gasteiger partial charge >= 0.3 is 0 Å². The summed E-state index contributed by atoms with van der Waals surface area (Å²) in [6.07, 6.45) is 4.80. The third kappa shape index (κ3) is 2.94. The van der Waals surface area contributed by atoms with Gasteiger partial charge in [-0.25, -0.2) is 4.98 Å². The molecule has 0 amide bonds. The molecule has 0 bridgehead atoms. The Kier molecular flexibility index (Phi) is 3.59. The van der Waals surface area contributed by atoms with E-state index in [1.54, 1.807) is 12.5 Å². The lowest BCUT2D eigenvalue weighted by Crippen LogP contribution is -2.07. The number of imidazole rings is 1. The van der Waals surface area contributed by atoms with Crippen molar-refractivity contribution in [2.24, 2.45) is 0 Å². The number of hydrogen-bond acceptors (Lipinski definition) is 2. The first-order chi connectivity index (χ1) is 8.16. The maximum absolute atomic E-state index is 10.1. The van der Waals surface area contributed by atoms with Crippen LogP contribution in [0.1, 0.15) is 37.0 Å². The molecule has 1 N–H and O–H groups in total. The number of benzene rings is 1. The molecule has 1 atom stereocenters. The zero-order valence-corrected chi connectivity index (χ0v) is 10.2. The summed E-state index contributed by atoms with van der Waals surface area (Å²) in [5.74, 6) is 0.523. The molecule has 90 valence electrons. The summed E-state index contributed by atoms with van der Waals surface area (Å²) < 4.78 is 1.88. The smallest absolute Gasteiger partial charge is 0.0969 e. The fraction of sp³-hybridized carbons (Fsp3) is 0.357. The van der Waals surface area contributed by atoms with Crippen LogP contribution in [0.25, 0.3) is 0 Å². The Labute approximate surface area is 102 Å². The van der Waals surface area contributed by atoms with Gasteiger partial charge in [0.15, 0.2) is 0 Å². The molecule has 0 saturated heterocycles. The number of hydrogen-bond donors (Lipinski definition) is 1. The van der Waals surface area contributed by atoms with Gasteiger partial charge in [0.25, 0.3) is 0 Å². The third-order valence-electron chi connectivity index (χ3n) is 2.93. The fourth-order valence-corrected chi connectivity index (χ4v) is 1.80. The number of aromatic nitrogens is 2. The van der Waals surface area contributed by atoms with E-state index in [4.69, 9.17) is 0 Å². The molecule has 1 unspecified atom stereocenters. The van der Waals surface area contributed by atoms with Gasteiger partial charge in [0, 0.05) is 12.4 Å². The van der Waals surface area contributed by atoms with Crippen molar-refractivity contribution in [1.82, 2.24) is 9.55 Å². The molecule has 0 aliphatic heterocycles. The minimum Gasteiger partial charge on any atom is -0.387 e. The Bertz CT molecular complexity index is 446. The van der Waals surface area contributed by atoms with Crippen molar-refractivity contribution in [1.29, 1.82) is 0 Å². The van der Waals surface area contributed by atoms with Gasteiger partial charge in [0.2, 0.25) is 0 Å². The van der Waals surface area contributed by atoms with Crippen LogP contribution in [0.15, 0.2) is 43.0 Å². The SMILES string of the molecule is CC(C)c1ccc(C(O)Cn2ccnc2)cc1. The van der Waals surface area contributed by atoms with Crippen LogP contribution in [0, 0.1) is 0 Å². The predicted molar refractivity (Wildman–Crippen MR) is 67.7 cm³/mol. The molecular weight excluding hydrogens is 212 g/mol. The molecule has 1 heterocycles. The minimum absolute atomic E-state index is 0.481. The molecule has 1 aromatic heterocycles. The van der Waals surface area contributed by atoms with Gasteiger partial charge in [-0.2, -0.15) is 0 Å². The molecule has 3 nitrogen and oxygen atoms in total. The second kappa shape index (κ2) is 5.15. The lowest BCUT2D eigenvalue weighted by molar-refractivity contribution is 0.156. The molecule has 1 aromatic carbocycles. The molecule has 17 heavy (non-hydrogen) atoms. The van der Waals surface area contributed by atoms with Gasteiger partial charge in [0.1, 0.15) is 0 Å². The first-order valence-corrected chi connectivity index (χ1v) is 5.90. The van der Waals surface area contributed by atoms with Crippen LogP contribution >= 0.6 is 0 Å². The van der Waals surface area contributed by atoms with E-state index >= 15 is 0 Å². The summed E-state index contributed by atoms with van der Waals surface area (Å²) in [6, 6.07) is 8.15. The molecule has 0 saturated carbocycles. The Morgan fingerprint density at radius 1 is 1.18 bits per heavy atom. The fourth-order valence-electron chi connectivity index (χ4n) is 1.80. The summed E-state index contributed by atoms with van der Waals surface area (Å²) in [5, 5.41) is 10.1. The summed E-state index contributed by atoms with van der Waals surface area (Å²) in [5.41, 5.74) is 2.24. The molecule has 2 aromatic rings. The van der Waals surface area contributed by atoms with E-state index in [2.05, 4.69) is 31.0 Å². The van der Waals surface area contributed by atoms with E-state index in [1.807, 2.05) is 22.9 Å². The van der Waals surface area contributed by atoms with Crippen LogP contribution in [0.3, 0.4) is 0 Å². The second-order valence-corrected chi connectivity index (χ2v) is 4.60. The van der Waals surface area contributed by atoms with Crippen LogP contribution in [0.4, 0.5) is 0 Å². The average Bonchev–Trinajstić information content (AvgIpc) is 2.82. The summed E-state index contributed by atoms with van der Waals surface area (Å²) in [4.78, 5) is 3.96. The first-order valence-electron chi connectivity index (χ1n) is 5.90. The van der Waals surface area contributed by atoms with E-state index in [1.165, 1.54) is 5.56 Å². The highest BCUT2D eigenvalue weighted by Crippen LogP contribution is 2.19. The van der Waals surface area contributed by atoms with Crippen molar-refractivity contribution in [3.63, 3.8) is 0 Å². The van der Waals surface area contributed by atoms with Crippen molar-refractivity contribution < 1.29 is 5.11 Å². The van der Waals surface area contributed by atoms with Gasteiger partial charge in [0.05, 0.1) is 19.0 Å². The van der Waals surface area contributed by atoms with E-state index in [0.29, 0.717) is 12.5 Å². The Balaban J connectivity index is 2.06. The highest BCUT2D eigenvalue weighted by atomic mass is 16.3. The summed E-state index contributed by atoms with van der Waals surface area (Å²) >= 11 is 0. The van der Waals surface area contributed by atoms with Gasteiger partial charge in [-0.1, -0.05) is 38.1 Å². The van der Waals surface area contributed by atoms with Crippen molar-refractivity contribution in [2.75, 3.05) is 0 Å². The second-order valence-electron chi connectivity index (χ2n) is 4.60. The van der Waals surface area contributed by atoms with Crippen molar-refractivity contribution >= 4 is 0 Å². The third-order valence-corrected chi connectivity index (χ3v) is 2.93. The standard InChI is InChI=1S/C14H18N2O/c1-11(2)12-3-5-13(6-4-12)14(17)9-16-8-7-15-10-16/h3-8,10-11,14,17H,9H2,1-2H3. The Morgan fingerprint density at radius 3 is 2.35 bits per heavy atom. The van der Waals surface area contributed by atoms with Crippen molar-refractivity contribution in [3.8, 4) is 0 Å². The minimum atomic E-state index is -0.481. The number of nitrogens with zero attached hydrogens (tertiary/aromatic N) is 2. The normalized spacial score (nSPS) is 12.9. The number of aliphatic hydroxyl groups is 1. The molecule has 2 rings (SSSR count). The molecule has 0 fully saturated rings. The maximum atomic E-state index is 10.1. The quantitative estimate of drug-likeness (QED) is 0.877. The van der Waals surface area contributed by atoms with Gasteiger partial charge in [-0.05, 0) is 17.0 Å². The van der Waals surface area contributed by atoms with Crippen molar-refractivity contribution in [3.05, 3.63) is 54.1 Å². The Hall–Kier alpha value is -1.61. The van der Waals surface area contributed by atoms with E-state index in [9.17, 15) is 5.11 Å². The maximum Gasteiger partial charge on any atom is 0.0969 e. The zero-order chi connectivity index (χ0) is 12.3. The van der Waals surface area contributed by atoms with Crippen LogP contribution in [-0.4, -0.2) is 14.7 Å². The summed E-state index contributed by atoms with van der Waals surface area (Å²) in [7, 11) is 0. The zero-order valence-electron chi connectivity index (χ0n) is 10.2. The van der Waals surface area contributed by atoms with E-state index in [-0.39, 0.29) is 0 Å². The topological polar surface area (TPSA) is 38.0 Å². The number of rotatable bonds is 4. The molecule has 3 heteroatoms. The number of aliphatic hydroxyl groups excluding tert-OH is 1. The highest BCUT2D eigenvalue weighted by molar-refractivity contribution is 5.26. The van der Waals surface area contributed by atoms with Crippen LogP contribution in [0.2, 0.25) is 0 Å². The van der Waals surface area contributed by atoms with Gasteiger partial charge in [-0.15, -0.1) is 0 Å². The van der Waals surface area contributed by atoms with Gasteiger partial charge < -0.3 is 9.67 Å². The van der Waals surface area contributed by atoms with E-state index < -0.39 is 6.10 Å². The van der Waals surface area contributed by atoms with Crippen molar-refractivity contribution in [2.45, 2.75) is 32.4 Å². The first kappa shape index (κ1) is 11.9. The van der Waals surface area contributed by atoms with E-state index in [0.717, 1.165) is 5.56 Å². The highest BCUT2D eigenvalue weighted by Gasteiger charge is 2.08. The van der Waals surface area contributed by atoms with Gasteiger partial charge in [-0.3, -0.25) is 0 Å². The largest absolute Gasteiger partial charge is 0.387 e. The molecule has 0 aliphatic carbocycles. The molecular formula is C14H18N2O. The summed E-state index contributed by atoms with van der Waals surface area (Å²) in [6.45, 7) is 4.87. The molecule has 0 spiro atoms. The average molecular weight is 230 g/mol. The van der Waals surface area contributed by atoms with Crippen LogP contribution in [-0.2, 0) is 6.54 Å². The lowest BCUT2D eigenvalue weighted by Gasteiger charge is -2.13.